The Balaban J connectivity index is 2.37. The van der Waals surface area contributed by atoms with Gasteiger partial charge in [0.25, 0.3) is 0 Å². The third kappa shape index (κ3) is 2.54. The molecule has 2 rings (SSSR count). The van der Waals surface area contributed by atoms with Crippen LogP contribution >= 0.6 is 23.4 Å². The monoisotopic (exact) mass is 284 g/mol. The van der Waals surface area contributed by atoms with Gasteiger partial charge in [0.05, 0.1) is 9.92 Å². The summed E-state index contributed by atoms with van der Waals surface area (Å²) in [7, 11) is 0. The second kappa shape index (κ2) is 5.49. The lowest BCUT2D eigenvalue weighted by molar-refractivity contribution is 0.604. The summed E-state index contributed by atoms with van der Waals surface area (Å²) in [6.45, 7) is 2.61. The predicted molar refractivity (Wildman–Crippen MR) is 73.1 cm³/mol. The molecule has 2 aromatic rings. The van der Waals surface area contributed by atoms with E-state index in [0.717, 1.165) is 11.3 Å². The van der Waals surface area contributed by atoms with Crippen LogP contribution in [0.25, 0.3) is 0 Å². The van der Waals surface area contributed by atoms with Gasteiger partial charge in [-0.25, -0.2) is 9.89 Å². The molecule has 0 bridgehead atoms. The van der Waals surface area contributed by atoms with Crippen molar-refractivity contribution < 1.29 is 0 Å². The minimum Gasteiger partial charge on any atom is -0.398 e. The Hall–Kier alpha value is -1.40. The van der Waals surface area contributed by atoms with Crippen molar-refractivity contribution in [2.75, 3.05) is 5.73 Å². The molecular formula is C11H13ClN4OS. The predicted octanol–water partition coefficient (Wildman–Crippen LogP) is 2.37. The van der Waals surface area contributed by atoms with Gasteiger partial charge >= 0.3 is 5.69 Å². The number of H-pyrrole nitrogens is 1. The number of nitrogen functional groups attached to an aromatic ring is 1. The number of nitrogens with one attached hydrogen (secondary N) is 1. The summed E-state index contributed by atoms with van der Waals surface area (Å²) in [6, 6.07) is 5.31. The molecule has 5 nitrogen and oxygen atoms in total. The van der Waals surface area contributed by atoms with Crippen LogP contribution in [0.2, 0.25) is 5.02 Å². The van der Waals surface area contributed by atoms with Crippen LogP contribution in [0.4, 0.5) is 5.69 Å². The molecule has 0 radical (unpaired) electrons. The molecule has 0 spiro atoms. The highest BCUT2D eigenvalue weighted by Gasteiger charge is 2.13. The fourth-order valence-electron chi connectivity index (χ4n) is 1.53. The number of hydrogen-bond acceptors (Lipinski definition) is 4. The molecule has 0 amide bonds. The molecule has 0 aliphatic carbocycles. The molecule has 18 heavy (non-hydrogen) atoms. The van der Waals surface area contributed by atoms with Gasteiger partial charge in [-0.2, -0.15) is 0 Å². The minimum absolute atomic E-state index is 0.218. The van der Waals surface area contributed by atoms with Crippen LogP contribution < -0.4 is 11.4 Å². The standard InChI is InChI=1S/C11H13ClN4OS/c1-2-6-16-10(17)14-15-11(16)18-9-7(12)4-3-5-8(9)13/h3-5H,2,6,13H2,1H3,(H,14,17). The number of anilines is 1. The maximum Gasteiger partial charge on any atom is 0.343 e. The Morgan fingerprint density at radius 3 is 3.00 bits per heavy atom. The molecule has 0 aliphatic heterocycles. The molecule has 0 saturated carbocycles. The summed E-state index contributed by atoms with van der Waals surface area (Å²) in [4.78, 5) is 12.3. The van der Waals surface area contributed by atoms with Crippen molar-refractivity contribution in [2.24, 2.45) is 0 Å². The van der Waals surface area contributed by atoms with Gasteiger partial charge in [-0.1, -0.05) is 24.6 Å². The van der Waals surface area contributed by atoms with E-state index < -0.39 is 0 Å². The van der Waals surface area contributed by atoms with Crippen LogP contribution in [0.15, 0.2) is 33.0 Å². The van der Waals surface area contributed by atoms with Gasteiger partial charge in [0.1, 0.15) is 0 Å². The lowest BCUT2D eigenvalue weighted by atomic mass is 10.3. The average molecular weight is 285 g/mol. The number of nitrogens with two attached hydrogens (primary N) is 1. The number of benzene rings is 1. The number of halogens is 1. The zero-order chi connectivity index (χ0) is 13.1. The SMILES string of the molecule is CCCn1c(Sc2c(N)cccc2Cl)n[nH]c1=O. The Morgan fingerprint density at radius 2 is 2.33 bits per heavy atom. The Labute approximate surface area is 113 Å². The van der Waals surface area contributed by atoms with Gasteiger partial charge in [0.15, 0.2) is 5.16 Å². The fraction of sp³-hybridized carbons (Fsp3) is 0.273. The van der Waals surface area contributed by atoms with Crippen molar-refractivity contribution in [3.8, 4) is 0 Å². The van der Waals surface area contributed by atoms with Crippen molar-refractivity contribution in [1.29, 1.82) is 0 Å². The summed E-state index contributed by atoms with van der Waals surface area (Å²) in [5.41, 5.74) is 6.23. The Kier molecular flexibility index (Phi) is 3.98. The summed E-state index contributed by atoms with van der Waals surface area (Å²) < 4.78 is 1.58. The maximum absolute atomic E-state index is 11.6. The van der Waals surface area contributed by atoms with E-state index in [1.54, 1.807) is 22.8 Å². The largest absolute Gasteiger partial charge is 0.398 e. The summed E-state index contributed by atoms with van der Waals surface area (Å²) in [5, 5.41) is 7.55. The van der Waals surface area contributed by atoms with Crippen LogP contribution in [-0.4, -0.2) is 14.8 Å². The van der Waals surface area contributed by atoms with Crippen LogP contribution in [0.5, 0.6) is 0 Å². The van der Waals surface area contributed by atoms with Gasteiger partial charge < -0.3 is 5.73 Å². The van der Waals surface area contributed by atoms with Gasteiger partial charge in [0.2, 0.25) is 0 Å². The lowest BCUT2D eigenvalue weighted by Gasteiger charge is -2.07. The first-order chi connectivity index (χ1) is 8.63. The quantitative estimate of drug-likeness (QED) is 0.845. The first-order valence-electron chi connectivity index (χ1n) is 5.50. The van der Waals surface area contributed by atoms with Crippen LogP contribution in [0, 0.1) is 0 Å². The molecule has 96 valence electrons. The highest BCUT2D eigenvalue weighted by atomic mass is 35.5. The third-order valence-corrected chi connectivity index (χ3v) is 3.94. The molecule has 3 N–H and O–H groups in total. The van der Waals surface area contributed by atoms with E-state index in [1.165, 1.54) is 11.8 Å². The zero-order valence-electron chi connectivity index (χ0n) is 9.81. The second-order valence-electron chi connectivity index (χ2n) is 3.72. The molecule has 1 heterocycles. The molecule has 0 unspecified atom stereocenters. The van der Waals surface area contributed by atoms with Crippen molar-refractivity contribution >= 4 is 29.1 Å². The van der Waals surface area contributed by atoms with Crippen molar-refractivity contribution in [1.82, 2.24) is 14.8 Å². The number of rotatable bonds is 4. The van der Waals surface area contributed by atoms with E-state index >= 15 is 0 Å². The zero-order valence-corrected chi connectivity index (χ0v) is 11.4. The molecule has 0 saturated heterocycles. The van der Waals surface area contributed by atoms with E-state index in [4.69, 9.17) is 17.3 Å². The maximum atomic E-state index is 11.6. The lowest BCUT2D eigenvalue weighted by Crippen LogP contribution is -2.17. The van der Waals surface area contributed by atoms with Gasteiger partial charge in [0, 0.05) is 12.2 Å². The first-order valence-corrected chi connectivity index (χ1v) is 6.70. The first kappa shape index (κ1) is 13.0. The smallest absolute Gasteiger partial charge is 0.343 e. The Morgan fingerprint density at radius 1 is 1.56 bits per heavy atom. The normalized spacial score (nSPS) is 10.8. The van der Waals surface area contributed by atoms with Crippen LogP contribution in [-0.2, 0) is 6.54 Å². The molecule has 0 aliphatic rings. The van der Waals surface area contributed by atoms with Gasteiger partial charge in [-0.05, 0) is 30.3 Å². The summed E-state index contributed by atoms with van der Waals surface area (Å²) in [5.74, 6) is 0. The molecule has 1 aromatic carbocycles. The number of nitrogens with zero attached hydrogens (tertiary/aromatic N) is 2. The van der Waals surface area contributed by atoms with E-state index in [2.05, 4.69) is 10.2 Å². The highest BCUT2D eigenvalue weighted by Crippen LogP contribution is 2.36. The molecule has 0 atom stereocenters. The van der Waals surface area contributed by atoms with Crippen molar-refractivity contribution in [3.63, 3.8) is 0 Å². The van der Waals surface area contributed by atoms with E-state index in [0.29, 0.717) is 22.4 Å². The van der Waals surface area contributed by atoms with Crippen LogP contribution in [0.1, 0.15) is 13.3 Å². The minimum atomic E-state index is -0.218. The van der Waals surface area contributed by atoms with Gasteiger partial charge in [-0.3, -0.25) is 4.57 Å². The fourth-order valence-corrected chi connectivity index (χ4v) is 2.73. The molecular weight excluding hydrogens is 272 g/mol. The topological polar surface area (TPSA) is 76.7 Å². The number of hydrogen-bond donors (Lipinski definition) is 2. The summed E-state index contributed by atoms with van der Waals surface area (Å²) in [6.07, 6.45) is 0.852. The Bertz CT molecular complexity index is 587. The average Bonchev–Trinajstić information content (AvgIpc) is 2.67. The molecule has 0 fully saturated rings. The summed E-state index contributed by atoms with van der Waals surface area (Å²) >= 11 is 7.38. The molecule has 7 heteroatoms. The van der Waals surface area contributed by atoms with E-state index in [1.807, 2.05) is 6.92 Å². The van der Waals surface area contributed by atoms with Gasteiger partial charge in [-0.15, -0.1) is 5.10 Å². The van der Waals surface area contributed by atoms with Crippen LogP contribution in [0.3, 0.4) is 0 Å². The van der Waals surface area contributed by atoms with E-state index in [9.17, 15) is 4.79 Å². The second-order valence-corrected chi connectivity index (χ2v) is 5.11. The van der Waals surface area contributed by atoms with Crippen molar-refractivity contribution in [3.05, 3.63) is 33.7 Å². The van der Waals surface area contributed by atoms with Crippen molar-refractivity contribution in [2.45, 2.75) is 29.9 Å². The van der Waals surface area contributed by atoms with E-state index in [-0.39, 0.29) is 5.69 Å². The number of aromatic amines is 1. The molecule has 1 aromatic heterocycles. The number of aromatic nitrogens is 3. The highest BCUT2D eigenvalue weighted by molar-refractivity contribution is 7.99. The third-order valence-electron chi connectivity index (χ3n) is 2.36.